The number of rotatable bonds is 6. The highest BCUT2D eigenvalue weighted by Gasteiger charge is 2.11. The van der Waals surface area contributed by atoms with Crippen molar-refractivity contribution in [3.63, 3.8) is 0 Å². The Bertz CT molecular complexity index is 1660. The predicted molar refractivity (Wildman–Crippen MR) is 161 cm³/mol. The van der Waals surface area contributed by atoms with Crippen molar-refractivity contribution in [3.8, 4) is 11.1 Å². The van der Waals surface area contributed by atoms with Crippen LogP contribution in [-0.2, 0) is 0 Å². The number of hydrogen-bond donors (Lipinski definition) is 0. The fraction of sp³-hybridized carbons (Fsp3) is 0.114. The van der Waals surface area contributed by atoms with Crippen molar-refractivity contribution in [3.05, 3.63) is 132 Å². The van der Waals surface area contributed by atoms with Gasteiger partial charge in [-0.15, -0.1) is 0 Å². The molecule has 0 fully saturated rings. The SMILES string of the molecule is C=C/C=c1/cc(-c2c3ccccccc4cc(C(C)=NC(=C)/C=C\C)cc(cc3)c24)cc/c1=C/CC. The third-order valence-electron chi connectivity index (χ3n) is 6.25. The van der Waals surface area contributed by atoms with Crippen molar-refractivity contribution >= 4 is 39.4 Å². The summed E-state index contributed by atoms with van der Waals surface area (Å²) in [5.41, 5.74) is 5.22. The lowest BCUT2D eigenvalue weighted by atomic mass is 9.90. The van der Waals surface area contributed by atoms with Gasteiger partial charge < -0.3 is 0 Å². The molecule has 4 aromatic rings. The monoisotopic (exact) mass is 467 g/mol. The summed E-state index contributed by atoms with van der Waals surface area (Å²) in [7, 11) is 0. The maximum absolute atomic E-state index is 4.72. The third-order valence-corrected chi connectivity index (χ3v) is 6.25. The molecule has 0 aliphatic carbocycles. The lowest BCUT2D eigenvalue weighted by Crippen LogP contribution is -2.23. The molecule has 2 bridgehead atoms. The minimum absolute atomic E-state index is 0.751. The van der Waals surface area contributed by atoms with Gasteiger partial charge in [-0.05, 0) is 93.2 Å². The van der Waals surface area contributed by atoms with E-state index in [-0.39, 0.29) is 0 Å². The molecule has 0 atom stereocenters. The first kappa shape index (κ1) is 24.9. The highest BCUT2D eigenvalue weighted by Crippen LogP contribution is 2.36. The summed E-state index contributed by atoms with van der Waals surface area (Å²) in [5, 5.41) is 7.21. The Morgan fingerprint density at radius 1 is 0.861 bits per heavy atom. The average molecular weight is 468 g/mol. The molecular formula is C35H33N. The lowest BCUT2D eigenvalue weighted by molar-refractivity contribution is 1.28. The van der Waals surface area contributed by atoms with Gasteiger partial charge in [0.1, 0.15) is 0 Å². The second-order valence-electron chi connectivity index (χ2n) is 8.84. The smallest absolute Gasteiger partial charge is 0.0558 e. The van der Waals surface area contributed by atoms with Crippen LogP contribution in [0.15, 0.2) is 121 Å². The Morgan fingerprint density at radius 3 is 2.25 bits per heavy atom. The molecule has 0 radical (unpaired) electrons. The van der Waals surface area contributed by atoms with Crippen molar-refractivity contribution in [1.82, 2.24) is 0 Å². The van der Waals surface area contributed by atoms with Crippen molar-refractivity contribution in [2.75, 3.05) is 0 Å². The van der Waals surface area contributed by atoms with E-state index in [2.05, 4.69) is 111 Å². The molecule has 1 nitrogen and oxygen atoms in total. The predicted octanol–water partition coefficient (Wildman–Crippen LogP) is 8.28. The summed E-state index contributed by atoms with van der Waals surface area (Å²) in [5.74, 6) is 0. The number of aliphatic imine (C=N–C) groups is 1. The molecule has 0 heterocycles. The average Bonchev–Trinajstić information content (AvgIpc) is 2.87. The molecule has 178 valence electrons. The van der Waals surface area contributed by atoms with E-state index in [4.69, 9.17) is 4.99 Å². The summed E-state index contributed by atoms with van der Waals surface area (Å²) in [4.78, 5) is 4.72. The highest BCUT2D eigenvalue weighted by molar-refractivity contribution is 6.16. The minimum atomic E-state index is 0.751. The molecule has 0 aliphatic rings. The molecule has 0 saturated heterocycles. The van der Waals surface area contributed by atoms with Crippen LogP contribution in [0.5, 0.6) is 0 Å². The first-order valence-corrected chi connectivity index (χ1v) is 12.5. The quantitative estimate of drug-likeness (QED) is 0.200. The van der Waals surface area contributed by atoms with Crippen LogP contribution in [0.1, 0.15) is 32.8 Å². The molecule has 0 spiro atoms. The van der Waals surface area contributed by atoms with E-state index in [1.54, 1.807) is 0 Å². The maximum atomic E-state index is 4.72. The fourth-order valence-corrected chi connectivity index (χ4v) is 4.67. The van der Waals surface area contributed by atoms with E-state index in [1.807, 2.05) is 32.1 Å². The van der Waals surface area contributed by atoms with Crippen LogP contribution in [0.4, 0.5) is 0 Å². The van der Waals surface area contributed by atoms with Crippen molar-refractivity contribution in [2.45, 2.75) is 27.2 Å². The van der Waals surface area contributed by atoms with Gasteiger partial charge in [-0.1, -0.05) is 105 Å². The van der Waals surface area contributed by atoms with Crippen LogP contribution in [-0.4, -0.2) is 5.71 Å². The normalized spacial score (nSPS) is 13.0. The fourth-order valence-electron chi connectivity index (χ4n) is 4.67. The second kappa shape index (κ2) is 11.5. The van der Waals surface area contributed by atoms with Gasteiger partial charge in [0, 0.05) is 5.71 Å². The van der Waals surface area contributed by atoms with Gasteiger partial charge in [0.05, 0.1) is 5.70 Å². The zero-order valence-electron chi connectivity index (χ0n) is 21.5. The van der Waals surface area contributed by atoms with Crippen molar-refractivity contribution in [1.29, 1.82) is 0 Å². The van der Waals surface area contributed by atoms with Crippen LogP contribution >= 0.6 is 0 Å². The van der Waals surface area contributed by atoms with Gasteiger partial charge in [0.2, 0.25) is 0 Å². The first-order valence-electron chi connectivity index (χ1n) is 12.5. The lowest BCUT2D eigenvalue weighted by Gasteiger charge is -2.14. The molecule has 0 N–H and O–H groups in total. The van der Waals surface area contributed by atoms with E-state index in [0.29, 0.717) is 0 Å². The van der Waals surface area contributed by atoms with Gasteiger partial charge in [-0.25, -0.2) is 0 Å². The molecule has 0 unspecified atom stereocenters. The highest BCUT2D eigenvalue weighted by atomic mass is 14.7. The summed E-state index contributed by atoms with van der Waals surface area (Å²) in [6.07, 6.45) is 11.1. The molecule has 0 aromatic heterocycles. The molecule has 4 rings (SSSR count). The Hall–Kier alpha value is -4.23. The molecule has 4 aromatic carbocycles. The van der Waals surface area contributed by atoms with E-state index in [0.717, 1.165) is 23.4 Å². The number of nitrogens with zero attached hydrogens (tertiary/aromatic N) is 1. The third kappa shape index (κ3) is 5.37. The molecule has 0 aliphatic heterocycles. The van der Waals surface area contributed by atoms with E-state index in [9.17, 15) is 0 Å². The molecule has 1 heteroatoms. The minimum Gasteiger partial charge on any atom is -0.254 e. The zero-order chi connectivity index (χ0) is 25.5. The van der Waals surface area contributed by atoms with E-state index in [1.165, 1.54) is 43.1 Å². The Labute approximate surface area is 214 Å². The van der Waals surface area contributed by atoms with Gasteiger partial charge in [-0.2, -0.15) is 0 Å². The van der Waals surface area contributed by atoms with Crippen LogP contribution in [0, 0.1) is 0 Å². The van der Waals surface area contributed by atoms with Gasteiger partial charge in [0.15, 0.2) is 0 Å². The van der Waals surface area contributed by atoms with Gasteiger partial charge >= 0.3 is 0 Å². The van der Waals surface area contributed by atoms with Crippen LogP contribution < -0.4 is 10.4 Å². The van der Waals surface area contributed by atoms with Crippen LogP contribution in [0.25, 0.3) is 44.8 Å². The Balaban J connectivity index is 2.11. The standard InChI is InChI=1S/C35H33N/c1-6-13-25(4)36-26(5)33-23-30-17-12-10-9-11-16-28-19-21-32(24-33)35(30)34(28)31-20-18-27(14-7-2)29(22-31)15-8-3/h6,8-24H,3-4,7H2,1-2,5H3/b10-9?,11-9?,12-10?,13-6-,16-11?,17-12?,27-14-,28-16?,29-15-,30-17?,36-26?. The number of allylic oxidation sites excluding steroid dienone is 3. The molecular weight excluding hydrogens is 434 g/mol. The van der Waals surface area contributed by atoms with Crippen LogP contribution in [0.3, 0.4) is 0 Å². The largest absolute Gasteiger partial charge is 0.254 e. The molecule has 36 heavy (non-hydrogen) atoms. The zero-order valence-corrected chi connectivity index (χ0v) is 21.5. The van der Waals surface area contributed by atoms with Gasteiger partial charge in [0.25, 0.3) is 0 Å². The van der Waals surface area contributed by atoms with Crippen LogP contribution in [0.2, 0.25) is 0 Å². The topological polar surface area (TPSA) is 12.4 Å². The summed E-state index contributed by atoms with van der Waals surface area (Å²) in [6.45, 7) is 14.2. The molecule has 0 amide bonds. The Kier molecular flexibility index (Phi) is 7.92. The number of fused-ring (bicyclic) bond motifs is 1. The van der Waals surface area contributed by atoms with E-state index >= 15 is 0 Å². The summed E-state index contributed by atoms with van der Waals surface area (Å²) in [6, 6.07) is 28.4. The molecule has 0 saturated carbocycles. The number of hydrogen-bond acceptors (Lipinski definition) is 1. The second-order valence-corrected chi connectivity index (χ2v) is 8.84. The summed E-state index contributed by atoms with van der Waals surface area (Å²) < 4.78 is 0. The maximum Gasteiger partial charge on any atom is 0.0558 e. The van der Waals surface area contributed by atoms with E-state index < -0.39 is 0 Å². The van der Waals surface area contributed by atoms with Crippen molar-refractivity contribution in [2.24, 2.45) is 4.99 Å². The summed E-state index contributed by atoms with van der Waals surface area (Å²) >= 11 is 0. The number of benzene rings is 3. The van der Waals surface area contributed by atoms with Gasteiger partial charge in [-0.3, -0.25) is 4.99 Å². The van der Waals surface area contributed by atoms with Crippen molar-refractivity contribution < 1.29 is 0 Å². The first-order chi connectivity index (χ1) is 17.5. The Morgan fingerprint density at radius 2 is 1.56 bits per heavy atom.